The van der Waals surface area contributed by atoms with Gasteiger partial charge in [0.05, 0.1) is 13.2 Å². The molecule has 0 N–H and O–H groups in total. The van der Waals surface area contributed by atoms with Crippen molar-refractivity contribution in [3.8, 4) is 0 Å². The zero-order valence-corrected chi connectivity index (χ0v) is 29.4. The molecule has 1 aromatic rings. The average molecular weight is 641 g/mol. The number of thiophene rings is 1. The summed E-state index contributed by atoms with van der Waals surface area (Å²) < 4.78 is 23.7. The van der Waals surface area contributed by atoms with E-state index in [-0.39, 0.29) is 52.5 Å². The SMILES string of the molecule is COC(=O)c1ccc(CCC[C@@H]2[C@H](C=CC(=O)CCC[C@@H](C)O[Si](C)(C)C(C)(C)C)[C@H](OC3CCCCO3)C[C@@H]2Cl)s1. The van der Waals surface area contributed by atoms with Gasteiger partial charge in [0, 0.05) is 35.3 Å². The second-order valence-corrected chi connectivity index (χ2v) is 20.0. The predicted octanol–water partition coefficient (Wildman–Crippen LogP) is 8.72. The highest BCUT2D eigenvalue weighted by Crippen LogP contribution is 2.43. The summed E-state index contributed by atoms with van der Waals surface area (Å²) in [5.41, 5.74) is 0. The molecule has 3 rings (SSSR count). The maximum absolute atomic E-state index is 12.9. The van der Waals surface area contributed by atoms with Gasteiger partial charge < -0.3 is 18.6 Å². The number of alkyl halides is 1. The molecule has 1 aliphatic carbocycles. The van der Waals surface area contributed by atoms with Crippen LogP contribution >= 0.6 is 22.9 Å². The van der Waals surface area contributed by atoms with Gasteiger partial charge in [0.15, 0.2) is 20.4 Å². The number of carbonyl (C=O) groups excluding carboxylic acids is 2. The molecular formula is C33H53ClO6SSi. The molecule has 0 amide bonds. The fourth-order valence-corrected chi connectivity index (χ4v) is 8.62. The van der Waals surface area contributed by atoms with Crippen LogP contribution in [0.5, 0.6) is 0 Å². The Labute approximate surface area is 264 Å². The molecule has 6 nitrogen and oxygen atoms in total. The molecule has 0 bridgehead atoms. The highest BCUT2D eigenvalue weighted by Gasteiger charge is 2.43. The minimum Gasteiger partial charge on any atom is -0.465 e. The Hall–Kier alpha value is -1.03. The Balaban J connectivity index is 1.57. The van der Waals surface area contributed by atoms with Crippen LogP contribution in [0.4, 0.5) is 0 Å². The number of halogens is 1. The summed E-state index contributed by atoms with van der Waals surface area (Å²) in [6, 6.07) is 3.83. The Morgan fingerprint density at radius 3 is 2.64 bits per heavy atom. The number of aryl methyl sites for hydroxylation is 1. The van der Waals surface area contributed by atoms with Gasteiger partial charge in [-0.25, -0.2) is 4.79 Å². The minimum absolute atomic E-state index is 0.0226. The summed E-state index contributed by atoms with van der Waals surface area (Å²) >= 11 is 8.43. The van der Waals surface area contributed by atoms with Crippen LogP contribution in [0.15, 0.2) is 24.3 Å². The fourth-order valence-electron chi connectivity index (χ4n) is 5.71. The quantitative estimate of drug-likeness (QED) is 0.0826. The lowest BCUT2D eigenvalue weighted by Gasteiger charge is -2.38. The number of esters is 1. The van der Waals surface area contributed by atoms with Gasteiger partial charge in [-0.15, -0.1) is 22.9 Å². The molecule has 2 aliphatic rings. The fraction of sp³-hybridized carbons (Fsp3) is 0.758. The summed E-state index contributed by atoms with van der Waals surface area (Å²) in [5, 5.41) is 0.153. The van der Waals surface area contributed by atoms with Gasteiger partial charge in [-0.1, -0.05) is 26.8 Å². The minimum atomic E-state index is -1.81. The lowest BCUT2D eigenvalue weighted by Crippen LogP contribution is -2.43. The largest absolute Gasteiger partial charge is 0.465 e. The van der Waals surface area contributed by atoms with Crippen LogP contribution in [0.1, 0.15) is 100 Å². The molecule has 6 atom stereocenters. The topological polar surface area (TPSA) is 71.1 Å². The number of hydrogen-bond donors (Lipinski definition) is 0. The van der Waals surface area contributed by atoms with E-state index in [0.29, 0.717) is 11.3 Å². The van der Waals surface area contributed by atoms with Gasteiger partial charge in [0.2, 0.25) is 0 Å². The first-order valence-electron chi connectivity index (χ1n) is 15.8. The lowest BCUT2D eigenvalue weighted by molar-refractivity contribution is -0.192. The normalized spacial score (nSPS) is 26.0. The van der Waals surface area contributed by atoms with E-state index in [9.17, 15) is 9.59 Å². The first kappa shape index (κ1) is 35.4. The average Bonchev–Trinajstić information content (AvgIpc) is 3.51. The molecule has 2 heterocycles. The van der Waals surface area contributed by atoms with E-state index in [4.69, 9.17) is 30.2 Å². The lowest BCUT2D eigenvalue weighted by atomic mass is 9.89. The Morgan fingerprint density at radius 1 is 1.21 bits per heavy atom. The number of carbonyl (C=O) groups is 2. The number of ketones is 1. The molecule has 9 heteroatoms. The summed E-state index contributed by atoms with van der Waals surface area (Å²) in [6.07, 6.45) is 12.5. The van der Waals surface area contributed by atoms with Crippen molar-refractivity contribution in [3.05, 3.63) is 34.0 Å². The first-order valence-corrected chi connectivity index (χ1v) is 19.9. The zero-order valence-electron chi connectivity index (χ0n) is 26.8. The monoisotopic (exact) mass is 640 g/mol. The molecule has 2 fully saturated rings. The highest BCUT2D eigenvalue weighted by molar-refractivity contribution is 7.13. The standard InChI is InChI=1S/C33H53ClO6SSi/c1-23(40-42(6,7)33(2,3)4)12-10-13-24(35)17-19-27-26(15-11-14-25-18-20-30(41-25)32(36)37-5)28(34)22-29(27)39-31-16-8-9-21-38-31/h17-20,23,26-29,31H,8-16,21-22H2,1-7H3/t23-,26-,27+,28+,29-,31?/m1/s1. The van der Waals surface area contributed by atoms with Crippen molar-refractivity contribution in [2.24, 2.45) is 11.8 Å². The Kier molecular flexibility index (Phi) is 13.8. The van der Waals surface area contributed by atoms with Crippen molar-refractivity contribution in [1.82, 2.24) is 0 Å². The molecule has 1 unspecified atom stereocenters. The molecular weight excluding hydrogens is 588 g/mol. The summed E-state index contributed by atoms with van der Waals surface area (Å²) in [4.78, 5) is 26.6. The Bertz CT molecular complexity index is 1030. The van der Waals surface area contributed by atoms with Crippen molar-refractivity contribution in [1.29, 1.82) is 0 Å². The van der Waals surface area contributed by atoms with E-state index < -0.39 is 8.32 Å². The molecule has 42 heavy (non-hydrogen) atoms. The van der Waals surface area contributed by atoms with E-state index in [1.165, 1.54) is 18.4 Å². The highest BCUT2D eigenvalue weighted by atomic mass is 35.5. The first-order chi connectivity index (χ1) is 19.8. The van der Waals surface area contributed by atoms with Gasteiger partial charge in [-0.3, -0.25) is 4.79 Å². The second kappa shape index (κ2) is 16.3. The number of hydrogen-bond acceptors (Lipinski definition) is 7. The maximum Gasteiger partial charge on any atom is 0.348 e. The molecule has 1 aliphatic heterocycles. The van der Waals surface area contributed by atoms with Crippen molar-refractivity contribution in [2.45, 2.75) is 134 Å². The smallest absolute Gasteiger partial charge is 0.348 e. The van der Waals surface area contributed by atoms with Gasteiger partial charge >= 0.3 is 5.97 Å². The predicted molar refractivity (Wildman–Crippen MR) is 174 cm³/mol. The number of ether oxygens (including phenoxy) is 3. The Morgan fingerprint density at radius 2 is 1.98 bits per heavy atom. The van der Waals surface area contributed by atoms with Crippen LogP contribution in [-0.4, -0.2) is 57.7 Å². The summed E-state index contributed by atoms with van der Waals surface area (Å²) in [7, 11) is -0.408. The van der Waals surface area contributed by atoms with Gasteiger partial charge in [-0.05, 0) is 107 Å². The van der Waals surface area contributed by atoms with Crippen LogP contribution in [0, 0.1) is 11.8 Å². The zero-order chi connectivity index (χ0) is 30.9. The third-order valence-electron chi connectivity index (χ3n) is 9.16. The molecule has 0 aromatic carbocycles. The summed E-state index contributed by atoms with van der Waals surface area (Å²) in [5.74, 6) is 0.132. The van der Waals surface area contributed by atoms with E-state index in [1.54, 1.807) is 6.08 Å². The van der Waals surface area contributed by atoms with E-state index >= 15 is 0 Å². The molecule has 1 saturated carbocycles. The molecule has 0 radical (unpaired) electrons. The number of methoxy groups -OCH3 is 1. The van der Waals surface area contributed by atoms with Crippen LogP contribution in [0.3, 0.4) is 0 Å². The van der Waals surface area contributed by atoms with E-state index in [0.717, 1.165) is 69.3 Å². The molecule has 1 aromatic heterocycles. The summed E-state index contributed by atoms with van der Waals surface area (Å²) in [6.45, 7) is 14.2. The van der Waals surface area contributed by atoms with Gasteiger partial charge in [0.25, 0.3) is 0 Å². The van der Waals surface area contributed by atoms with Crippen molar-refractivity contribution >= 4 is 43.0 Å². The third-order valence-corrected chi connectivity index (χ3v) is 15.4. The van der Waals surface area contributed by atoms with E-state index in [1.807, 2.05) is 12.1 Å². The molecule has 238 valence electrons. The number of rotatable bonds is 15. The van der Waals surface area contributed by atoms with Crippen molar-refractivity contribution in [3.63, 3.8) is 0 Å². The van der Waals surface area contributed by atoms with Crippen LogP contribution < -0.4 is 0 Å². The number of allylic oxidation sites excluding steroid dienone is 1. The van der Waals surface area contributed by atoms with Crippen LogP contribution in [-0.2, 0) is 29.9 Å². The van der Waals surface area contributed by atoms with Crippen molar-refractivity contribution in [2.75, 3.05) is 13.7 Å². The van der Waals surface area contributed by atoms with Gasteiger partial charge in [-0.2, -0.15) is 0 Å². The van der Waals surface area contributed by atoms with E-state index in [2.05, 4.69) is 46.9 Å². The van der Waals surface area contributed by atoms with Crippen molar-refractivity contribution < 1.29 is 28.2 Å². The maximum atomic E-state index is 12.9. The second-order valence-electron chi connectivity index (χ2n) is 13.5. The van der Waals surface area contributed by atoms with Crippen LogP contribution in [0.2, 0.25) is 18.1 Å². The third kappa shape index (κ3) is 10.6. The molecule has 0 spiro atoms. The molecule has 1 saturated heterocycles. The van der Waals surface area contributed by atoms with Gasteiger partial charge in [0.1, 0.15) is 4.88 Å². The van der Waals surface area contributed by atoms with Crippen LogP contribution in [0.25, 0.3) is 0 Å².